The first-order valence-electron chi connectivity index (χ1n) is 15.3. The molecule has 44 heavy (non-hydrogen) atoms. The Morgan fingerprint density at radius 1 is 0.977 bits per heavy atom. The van der Waals surface area contributed by atoms with Gasteiger partial charge >= 0.3 is 10.2 Å². The van der Waals surface area contributed by atoms with Crippen LogP contribution in [0, 0.1) is 5.92 Å². The summed E-state index contributed by atoms with van der Waals surface area (Å²) in [6.45, 7) is 1.12. The largest absolute Gasteiger partial charge is 0.369 e. The number of fused-ring (bicyclic) bond motifs is 5. The molecule has 1 saturated heterocycles. The minimum atomic E-state index is -3.98. The normalized spacial score (nSPS) is 19.2. The Morgan fingerprint density at radius 3 is 2.45 bits per heavy atom. The number of nitrogens with zero attached hydrogens (tertiary/aromatic N) is 3. The summed E-state index contributed by atoms with van der Waals surface area (Å²) in [6, 6.07) is 13.4. The van der Waals surface area contributed by atoms with E-state index >= 15 is 0 Å². The highest BCUT2D eigenvalue weighted by Crippen LogP contribution is 2.46. The smallest absolute Gasteiger partial charge is 0.303 e. The molecule has 1 atom stereocenters. The Morgan fingerprint density at radius 2 is 1.73 bits per heavy atom. The second-order valence-corrected chi connectivity index (χ2v) is 14.3. The van der Waals surface area contributed by atoms with Crippen LogP contribution < -0.4 is 10.5 Å². The van der Waals surface area contributed by atoms with Crippen molar-refractivity contribution < 1.29 is 22.8 Å². The Balaban J connectivity index is 1.51. The molecule has 1 aromatic heterocycles. The van der Waals surface area contributed by atoms with Crippen LogP contribution in [-0.2, 0) is 26.3 Å². The monoisotopic (exact) mass is 617 g/mol. The predicted octanol–water partition coefficient (Wildman–Crippen LogP) is 4.01. The molecule has 232 valence electrons. The van der Waals surface area contributed by atoms with E-state index in [0.717, 1.165) is 57.7 Å². The molecule has 6 rings (SSSR count). The molecule has 10 nitrogen and oxygen atoms in total. The quantitative estimate of drug-likeness (QED) is 0.431. The number of amides is 3. The highest BCUT2D eigenvalue weighted by Gasteiger charge is 2.33. The number of benzene rings is 2. The SMILES string of the molecule is CN(C)S(=O)(=O)NC(=O)c1ccc2c(C3CCCCC3)c3n(c2c1)CC(C(=O)N1CCCC(C(N)=O)C1)=Cc1ccccc1-3. The number of carbonyl (C=O) groups is 3. The zero-order valence-electron chi connectivity index (χ0n) is 25.2. The third kappa shape index (κ3) is 5.54. The Labute approximate surface area is 258 Å². The lowest BCUT2D eigenvalue weighted by molar-refractivity contribution is -0.131. The van der Waals surface area contributed by atoms with Crippen molar-refractivity contribution in [3.05, 3.63) is 64.7 Å². The van der Waals surface area contributed by atoms with Crippen molar-refractivity contribution in [1.82, 2.24) is 18.5 Å². The van der Waals surface area contributed by atoms with Gasteiger partial charge in [-0.1, -0.05) is 49.6 Å². The van der Waals surface area contributed by atoms with Crippen LogP contribution in [0.5, 0.6) is 0 Å². The van der Waals surface area contributed by atoms with Crippen molar-refractivity contribution in [1.29, 1.82) is 0 Å². The van der Waals surface area contributed by atoms with Gasteiger partial charge in [0.25, 0.3) is 11.8 Å². The van der Waals surface area contributed by atoms with Gasteiger partial charge < -0.3 is 15.2 Å². The average molecular weight is 618 g/mol. The number of nitrogens with one attached hydrogen (secondary N) is 1. The number of primary amides is 1. The summed E-state index contributed by atoms with van der Waals surface area (Å²) in [6.07, 6.45) is 8.92. The number of nitrogens with two attached hydrogens (primary N) is 1. The number of hydrogen-bond acceptors (Lipinski definition) is 5. The van der Waals surface area contributed by atoms with Crippen molar-refractivity contribution in [2.75, 3.05) is 27.2 Å². The van der Waals surface area contributed by atoms with Gasteiger partial charge in [0.2, 0.25) is 5.91 Å². The molecule has 0 radical (unpaired) electrons. The molecule has 1 saturated carbocycles. The summed E-state index contributed by atoms with van der Waals surface area (Å²) in [5.74, 6) is -1.29. The van der Waals surface area contributed by atoms with Gasteiger partial charge in [0, 0.05) is 54.8 Å². The van der Waals surface area contributed by atoms with Gasteiger partial charge in [-0.25, -0.2) is 4.72 Å². The van der Waals surface area contributed by atoms with E-state index in [1.807, 2.05) is 30.3 Å². The summed E-state index contributed by atoms with van der Waals surface area (Å²) >= 11 is 0. The topological polar surface area (TPSA) is 135 Å². The van der Waals surface area contributed by atoms with Crippen molar-refractivity contribution >= 4 is 44.9 Å². The van der Waals surface area contributed by atoms with Crippen molar-refractivity contribution in [2.24, 2.45) is 11.7 Å². The van der Waals surface area contributed by atoms with Gasteiger partial charge in [0.15, 0.2) is 0 Å². The van der Waals surface area contributed by atoms with Crippen LogP contribution in [0.15, 0.2) is 48.0 Å². The molecule has 2 aliphatic heterocycles. The number of aromatic nitrogens is 1. The lowest BCUT2D eigenvalue weighted by Gasteiger charge is -2.32. The summed E-state index contributed by atoms with van der Waals surface area (Å²) in [5, 5.41) is 1.01. The van der Waals surface area contributed by atoms with E-state index in [-0.39, 0.29) is 29.8 Å². The summed E-state index contributed by atoms with van der Waals surface area (Å²) in [4.78, 5) is 41.0. The molecule has 3 heterocycles. The molecule has 0 spiro atoms. The average Bonchev–Trinajstić information content (AvgIpc) is 3.23. The van der Waals surface area contributed by atoms with Crippen LogP contribution in [-0.4, -0.2) is 67.1 Å². The van der Waals surface area contributed by atoms with Gasteiger partial charge in [-0.2, -0.15) is 12.7 Å². The number of carbonyl (C=O) groups excluding carboxylic acids is 3. The Bertz CT molecular complexity index is 1780. The zero-order chi connectivity index (χ0) is 31.2. The van der Waals surface area contributed by atoms with Gasteiger partial charge in [-0.05, 0) is 60.9 Å². The lowest BCUT2D eigenvalue weighted by atomic mass is 9.81. The third-order valence-electron chi connectivity index (χ3n) is 9.34. The van der Waals surface area contributed by atoms with Crippen LogP contribution in [0.2, 0.25) is 0 Å². The van der Waals surface area contributed by atoms with Crippen LogP contribution in [0.25, 0.3) is 28.2 Å². The summed E-state index contributed by atoms with van der Waals surface area (Å²) in [7, 11) is -1.26. The molecular weight excluding hydrogens is 578 g/mol. The first-order valence-corrected chi connectivity index (χ1v) is 16.8. The first kappa shape index (κ1) is 30.1. The minimum Gasteiger partial charge on any atom is -0.369 e. The maximum Gasteiger partial charge on any atom is 0.303 e. The fraction of sp³-hybridized carbons (Fsp3) is 0.424. The Kier molecular flexibility index (Phi) is 8.10. The first-order chi connectivity index (χ1) is 21.0. The molecule has 2 fully saturated rings. The highest BCUT2D eigenvalue weighted by atomic mass is 32.2. The van der Waals surface area contributed by atoms with Gasteiger partial charge in [-0.15, -0.1) is 0 Å². The van der Waals surface area contributed by atoms with E-state index in [1.54, 1.807) is 17.0 Å². The van der Waals surface area contributed by atoms with Crippen LogP contribution in [0.4, 0.5) is 0 Å². The Hall–Kier alpha value is -3.96. The molecule has 1 aliphatic carbocycles. The van der Waals surface area contributed by atoms with E-state index in [9.17, 15) is 22.8 Å². The van der Waals surface area contributed by atoms with Gasteiger partial charge in [0.1, 0.15) is 0 Å². The van der Waals surface area contributed by atoms with E-state index in [0.29, 0.717) is 37.4 Å². The van der Waals surface area contributed by atoms with E-state index in [2.05, 4.69) is 15.4 Å². The minimum absolute atomic E-state index is 0.134. The summed E-state index contributed by atoms with van der Waals surface area (Å²) in [5.41, 5.74) is 11.4. The number of hydrogen-bond donors (Lipinski definition) is 2. The standard InChI is InChI=1S/C33H39N5O5S/c1-36(2)44(42,43)35-32(40)23-14-15-27-28(18-23)38-20-25(33(41)37-16-8-12-24(19-37)31(34)39)17-22-11-6-7-13-26(22)30(38)29(27)21-9-4-3-5-10-21/h6-7,11,13-15,17-18,21,24H,3-5,8-10,12,16,19-20H2,1-2H3,(H2,34,39)(H,35,40). The van der Waals surface area contributed by atoms with E-state index < -0.39 is 16.1 Å². The van der Waals surface area contributed by atoms with Crippen molar-refractivity contribution in [3.63, 3.8) is 0 Å². The fourth-order valence-corrected chi connectivity index (χ4v) is 7.55. The van der Waals surface area contributed by atoms with Crippen molar-refractivity contribution in [2.45, 2.75) is 57.4 Å². The van der Waals surface area contributed by atoms with Crippen LogP contribution >= 0.6 is 0 Å². The number of piperidine rings is 1. The van der Waals surface area contributed by atoms with Crippen molar-refractivity contribution in [3.8, 4) is 11.3 Å². The van der Waals surface area contributed by atoms with Gasteiger partial charge in [0.05, 0.1) is 18.2 Å². The number of likely N-dealkylation sites (tertiary alicyclic amines) is 1. The molecule has 2 aromatic carbocycles. The zero-order valence-corrected chi connectivity index (χ0v) is 26.0. The molecular formula is C33H39N5O5S. The molecule has 1 unspecified atom stereocenters. The molecule has 3 aromatic rings. The molecule has 3 aliphatic rings. The molecule has 0 bridgehead atoms. The lowest BCUT2D eigenvalue weighted by Crippen LogP contribution is -2.44. The number of rotatable bonds is 6. The maximum absolute atomic E-state index is 14.1. The summed E-state index contributed by atoms with van der Waals surface area (Å²) < 4.78 is 30.1. The van der Waals surface area contributed by atoms with Crippen LogP contribution in [0.3, 0.4) is 0 Å². The second kappa shape index (κ2) is 11.9. The second-order valence-electron chi connectivity index (χ2n) is 12.4. The molecule has 3 amide bonds. The third-order valence-corrected chi connectivity index (χ3v) is 10.7. The highest BCUT2D eigenvalue weighted by molar-refractivity contribution is 7.87. The predicted molar refractivity (Wildman–Crippen MR) is 170 cm³/mol. The maximum atomic E-state index is 14.1. The molecule has 11 heteroatoms. The van der Waals surface area contributed by atoms with Crippen LogP contribution in [0.1, 0.15) is 72.3 Å². The van der Waals surface area contributed by atoms with Gasteiger partial charge in [-0.3, -0.25) is 14.4 Å². The fourth-order valence-electron chi connectivity index (χ4n) is 7.01. The van der Waals surface area contributed by atoms with E-state index in [1.165, 1.54) is 26.1 Å². The van der Waals surface area contributed by atoms with E-state index in [4.69, 9.17) is 5.73 Å². The molecule has 3 N–H and O–H groups in total.